The minimum Gasteiger partial charge on any atom is -0.477 e. The van der Waals surface area contributed by atoms with Gasteiger partial charge in [-0.25, -0.2) is 4.79 Å². The van der Waals surface area contributed by atoms with Crippen LogP contribution in [0, 0.1) is 0 Å². The molecule has 1 heterocycles. The highest BCUT2D eigenvalue weighted by Gasteiger charge is 2.16. The predicted molar refractivity (Wildman–Crippen MR) is 89.9 cm³/mol. The normalized spacial score (nSPS) is 10.5. The van der Waals surface area contributed by atoms with E-state index < -0.39 is 11.5 Å². The van der Waals surface area contributed by atoms with Gasteiger partial charge in [-0.3, -0.25) is 4.79 Å². The van der Waals surface area contributed by atoms with E-state index >= 15 is 0 Å². The van der Waals surface area contributed by atoms with Gasteiger partial charge in [0.05, 0.1) is 5.69 Å². The standard InChI is InChI=1S/C18H12ClNO3/c19-13-8-6-12(7-9-13)16-14(11-4-2-1-3-5-11)10-15(18(22)23)17(21)20-16/h1-10H,(H,20,21)(H,22,23). The lowest BCUT2D eigenvalue weighted by molar-refractivity contribution is 0.0695. The van der Waals surface area contributed by atoms with Gasteiger partial charge < -0.3 is 10.1 Å². The number of hydrogen-bond acceptors (Lipinski definition) is 2. The van der Waals surface area contributed by atoms with Gasteiger partial charge >= 0.3 is 5.97 Å². The van der Waals surface area contributed by atoms with E-state index in [2.05, 4.69) is 4.98 Å². The molecule has 0 unspecified atom stereocenters. The third-order valence-electron chi connectivity index (χ3n) is 3.49. The number of pyridine rings is 1. The van der Waals surface area contributed by atoms with E-state index in [4.69, 9.17) is 11.6 Å². The molecule has 5 heteroatoms. The van der Waals surface area contributed by atoms with E-state index in [1.165, 1.54) is 6.07 Å². The molecule has 0 aliphatic rings. The summed E-state index contributed by atoms with van der Waals surface area (Å²) in [6.45, 7) is 0. The molecule has 23 heavy (non-hydrogen) atoms. The highest BCUT2D eigenvalue weighted by atomic mass is 35.5. The van der Waals surface area contributed by atoms with Crippen molar-refractivity contribution in [3.8, 4) is 22.4 Å². The van der Waals surface area contributed by atoms with Crippen LogP contribution >= 0.6 is 11.6 Å². The van der Waals surface area contributed by atoms with Crippen LogP contribution in [0.15, 0.2) is 65.5 Å². The van der Waals surface area contributed by atoms with Crippen LogP contribution in [0.5, 0.6) is 0 Å². The van der Waals surface area contributed by atoms with Crippen LogP contribution in [-0.2, 0) is 0 Å². The molecule has 2 N–H and O–H groups in total. The molecular weight excluding hydrogens is 314 g/mol. The van der Waals surface area contributed by atoms with E-state index in [1.54, 1.807) is 24.3 Å². The number of H-pyrrole nitrogens is 1. The number of nitrogens with one attached hydrogen (secondary N) is 1. The second kappa shape index (κ2) is 6.10. The summed E-state index contributed by atoms with van der Waals surface area (Å²) in [7, 11) is 0. The third-order valence-corrected chi connectivity index (χ3v) is 3.74. The van der Waals surface area contributed by atoms with Crippen molar-refractivity contribution in [3.05, 3.63) is 81.6 Å². The van der Waals surface area contributed by atoms with Crippen LogP contribution in [0.25, 0.3) is 22.4 Å². The fourth-order valence-electron chi connectivity index (χ4n) is 2.38. The Balaban J connectivity index is 2.30. The number of carboxylic acid groups (broad SMARTS) is 1. The van der Waals surface area contributed by atoms with Gasteiger partial charge in [0.2, 0.25) is 0 Å². The number of hydrogen-bond donors (Lipinski definition) is 2. The predicted octanol–water partition coefficient (Wildman–Crippen LogP) is 4.06. The molecule has 2 aromatic carbocycles. The van der Waals surface area contributed by atoms with Crippen molar-refractivity contribution in [3.63, 3.8) is 0 Å². The van der Waals surface area contributed by atoms with Gasteiger partial charge in [-0.05, 0) is 29.3 Å². The van der Waals surface area contributed by atoms with Crippen molar-refractivity contribution in [2.75, 3.05) is 0 Å². The maximum absolute atomic E-state index is 12.0. The van der Waals surface area contributed by atoms with Crippen LogP contribution < -0.4 is 5.56 Å². The summed E-state index contributed by atoms with van der Waals surface area (Å²) in [5.74, 6) is -1.26. The van der Waals surface area contributed by atoms with E-state index in [1.807, 2.05) is 30.3 Å². The number of carboxylic acids is 1. The first kappa shape index (κ1) is 15.1. The molecule has 0 bridgehead atoms. The van der Waals surface area contributed by atoms with Gasteiger partial charge in [-0.2, -0.15) is 0 Å². The summed E-state index contributed by atoms with van der Waals surface area (Å²) in [5.41, 5.74) is 1.84. The molecule has 0 atom stereocenters. The fourth-order valence-corrected chi connectivity index (χ4v) is 2.50. The molecule has 0 radical (unpaired) electrons. The van der Waals surface area contributed by atoms with Gasteiger partial charge in [-0.15, -0.1) is 0 Å². The Morgan fingerprint density at radius 3 is 2.22 bits per heavy atom. The summed E-state index contributed by atoms with van der Waals surface area (Å²) < 4.78 is 0. The Labute approximate surface area is 137 Å². The number of aromatic amines is 1. The quantitative estimate of drug-likeness (QED) is 0.763. The highest BCUT2D eigenvalue weighted by molar-refractivity contribution is 6.30. The topological polar surface area (TPSA) is 70.2 Å². The maximum Gasteiger partial charge on any atom is 0.341 e. The molecule has 0 aliphatic heterocycles. The smallest absolute Gasteiger partial charge is 0.341 e. The number of aromatic carboxylic acids is 1. The average Bonchev–Trinajstić information content (AvgIpc) is 2.56. The number of benzene rings is 2. The lowest BCUT2D eigenvalue weighted by Crippen LogP contribution is -2.18. The monoisotopic (exact) mass is 325 g/mol. The number of rotatable bonds is 3. The minimum atomic E-state index is -1.26. The zero-order chi connectivity index (χ0) is 16.4. The van der Waals surface area contributed by atoms with Crippen LogP contribution in [0.4, 0.5) is 0 Å². The largest absolute Gasteiger partial charge is 0.477 e. The van der Waals surface area contributed by atoms with E-state index in [9.17, 15) is 14.7 Å². The van der Waals surface area contributed by atoms with Crippen molar-refractivity contribution in [1.82, 2.24) is 4.98 Å². The summed E-state index contributed by atoms with van der Waals surface area (Å²) in [6, 6.07) is 17.7. The van der Waals surface area contributed by atoms with Gasteiger partial charge in [0.15, 0.2) is 0 Å². The van der Waals surface area contributed by atoms with Crippen molar-refractivity contribution in [1.29, 1.82) is 0 Å². The van der Waals surface area contributed by atoms with E-state index in [-0.39, 0.29) is 5.56 Å². The van der Waals surface area contributed by atoms with Crippen LogP contribution in [0.2, 0.25) is 5.02 Å². The first-order valence-electron chi connectivity index (χ1n) is 6.88. The summed E-state index contributed by atoms with van der Waals surface area (Å²) in [4.78, 5) is 26.0. The number of carbonyl (C=O) groups is 1. The molecule has 4 nitrogen and oxygen atoms in total. The molecule has 0 saturated carbocycles. The lowest BCUT2D eigenvalue weighted by Gasteiger charge is -2.11. The Hall–Kier alpha value is -2.85. The summed E-state index contributed by atoms with van der Waals surface area (Å²) in [5, 5.41) is 9.78. The number of aromatic nitrogens is 1. The highest BCUT2D eigenvalue weighted by Crippen LogP contribution is 2.30. The zero-order valence-electron chi connectivity index (χ0n) is 11.9. The second-order valence-corrected chi connectivity index (χ2v) is 5.42. The summed E-state index contributed by atoms with van der Waals surface area (Å²) in [6.07, 6.45) is 0. The van der Waals surface area contributed by atoms with Crippen molar-refractivity contribution in [2.45, 2.75) is 0 Å². The van der Waals surface area contributed by atoms with Gasteiger partial charge in [0.1, 0.15) is 5.56 Å². The van der Waals surface area contributed by atoms with Crippen molar-refractivity contribution >= 4 is 17.6 Å². The third kappa shape index (κ3) is 3.03. The molecule has 0 spiro atoms. The maximum atomic E-state index is 12.0. The molecular formula is C18H12ClNO3. The number of halogens is 1. The van der Waals surface area contributed by atoms with E-state index in [0.29, 0.717) is 16.3 Å². The van der Waals surface area contributed by atoms with Gasteiger partial charge in [0, 0.05) is 10.6 Å². The van der Waals surface area contributed by atoms with Crippen LogP contribution in [-0.4, -0.2) is 16.1 Å². The van der Waals surface area contributed by atoms with Gasteiger partial charge in [-0.1, -0.05) is 54.1 Å². The molecule has 3 aromatic rings. The Bertz CT molecular complexity index is 915. The first-order chi connectivity index (χ1) is 11.1. The van der Waals surface area contributed by atoms with Crippen molar-refractivity contribution < 1.29 is 9.90 Å². The SMILES string of the molecule is O=C(O)c1cc(-c2ccccc2)c(-c2ccc(Cl)cc2)[nH]c1=O. The Kier molecular flexibility index (Phi) is 4.00. The average molecular weight is 326 g/mol. The first-order valence-corrected chi connectivity index (χ1v) is 7.26. The zero-order valence-corrected chi connectivity index (χ0v) is 12.7. The molecule has 3 rings (SSSR count). The van der Waals surface area contributed by atoms with Gasteiger partial charge in [0.25, 0.3) is 5.56 Å². The Morgan fingerprint density at radius 1 is 0.957 bits per heavy atom. The fraction of sp³-hybridized carbons (Fsp3) is 0. The molecule has 0 fully saturated rings. The molecule has 114 valence electrons. The molecule has 1 aromatic heterocycles. The second-order valence-electron chi connectivity index (χ2n) is 4.98. The van der Waals surface area contributed by atoms with Crippen LogP contribution in [0.3, 0.4) is 0 Å². The summed E-state index contributed by atoms with van der Waals surface area (Å²) >= 11 is 5.90. The van der Waals surface area contributed by atoms with Crippen LogP contribution in [0.1, 0.15) is 10.4 Å². The van der Waals surface area contributed by atoms with E-state index in [0.717, 1.165) is 11.1 Å². The Morgan fingerprint density at radius 2 is 1.61 bits per heavy atom. The molecule has 0 amide bonds. The van der Waals surface area contributed by atoms with Crippen molar-refractivity contribution in [2.24, 2.45) is 0 Å². The molecule has 0 aliphatic carbocycles. The lowest BCUT2D eigenvalue weighted by atomic mass is 9.98. The molecule has 0 saturated heterocycles. The minimum absolute atomic E-state index is 0.290.